The number of rotatable bonds is 9. The number of halogens is 1. The summed E-state index contributed by atoms with van der Waals surface area (Å²) in [5, 5.41) is 15.1. The van der Waals surface area contributed by atoms with Crippen molar-refractivity contribution in [3.8, 4) is 11.8 Å². The van der Waals surface area contributed by atoms with Gasteiger partial charge in [0.05, 0.1) is 21.7 Å². The molecule has 3 aromatic rings. The summed E-state index contributed by atoms with van der Waals surface area (Å²) < 4.78 is 6.38. The molecule has 5 amide bonds. The minimum absolute atomic E-state index is 0.0574. The molecule has 4 fully saturated rings. The third-order valence-electron chi connectivity index (χ3n) is 12.8. The highest BCUT2D eigenvalue weighted by molar-refractivity contribution is 6.31. The van der Waals surface area contributed by atoms with Crippen LogP contribution in [0.4, 0.5) is 11.4 Å². The number of hydrogen-bond acceptors (Lipinski definition) is 10. The molecule has 0 spiro atoms. The Hall–Kier alpha value is -5.45. The number of hydrogen-bond donors (Lipinski definition) is 2. The lowest BCUT2D eigenvalue weighted by Gasteiger charge is -2.63. The van der Waals surface area contributed by atoms with Gasteiger partial charge in [0, 0.05) is 97.5 Å². The second-order valence-electron chi connectivity index (χ2n) is 18.0. The van der Waals surface area contributed by atoms with E-state index in [2.05, 4.69) is 66.0 Å². The second kappa shape index (κ2) is 14.4. The first kappa shape index (κ1) is 39.4. The summed E-state index contributed by atoms with van der Waals surface area (Å²) >= 11 is 6.25. The molecule has 4 heterocycles. The number of nitriles is 1. The quantitative estimate of drug-likeness (QED) is 0.286. The van der Waals surface area contributed by atoms with Crippen LogP contribution in [0, 0.1) is 27.6 Å². The van der Waals surface area contributed by atoms with Gasteiger partial charge in [-0.05, 0) is 61.0 Å². The molecule has 0 bridgehead atoms. The highest BCUT2D eigenvalue weighted by Crippen LogP contribution is 2.55. The number of ether oxygens (including phenoxy) is 1. The fraction of sp³-hybridized carbons (Fsp3) is 0.455. The van der Waals surface area contributed by atoms with Crippen molar-refractivity contribution < 1.29 is 28.7 Å². The standard InChI is InChI=1S/C44H48ClN7O6/c1-42(2)40(43(3,4)41(42)58-30-12-8-27(22-46)33(45)21-30)48-36(54)26-6-9-28(10-7-26)50-18-16-49(17-19-50)23-44(5)24-51(25-44)29-11-13-31-32(20-29)39(57)52(38(31)56)34-14-15-35(53)47-37(34)55/h6-13,20-21,34,40-41H,14-19,23-25H2,1-5H3,(H,48,54)(H,47,53,55). The number of nitrogens with zero attached hydrogens (tertiary/aromatic N) is 5. The van der Waals surface area contributed by atoms with Crippen molar-refractivity contribution in [1.29, 1.82) is 5.26 Å². The lowest BCUT2D eigenvalue weighted by atomic mass is 9.49. The number of anilines is 2. The van der Waals surface area contributed by atoms with E-state index in [0.29, 0.717) is 27.5 Å². The topological polar surface area (TPSA) is 155 Å². The van der Waals surface area contributed by atoms with Gasteiger partial charge in [0.2, 0.25) is 11.8 Å². The van der Waals surface area contributed by atoms with Crippen LogP contribution >= 0.6 is 11.6 Å². The molecule has 1 atom stereocenters. The molecule has 2 N–H and O–H groups in total. The smallest absolute Gasteiger partial charge is 0.262 e. The number of carbonyl (C=O) groups is 5. The largest absolute Gasteiger partial charge is 0.489 e. The first-order chi connectivity index (χ1) is 27.5. The van der Waals surface area contributed by atoms with Crippen molar-refractivity contribution >= 4 is 52.5 Å². The van der Waals surface area contributed by atoms with Gasteiger partial charge in [0.1, 0.15) is 24.0 Å². The number of carbonyl (C=O) groups excluding carboxylic acids is 5. The zero-order chi connectivity index (χ0) is 41.3. The fourth-order valence-electron chi connectivity index (χ4n) is 10.2. The van der Waals surface area contributed by atoms with Crippen LogP contribution in [-0.4, -0.2) is 103 Å². The number of nitrogens with one attached hydrogen (secondary N) is 2. The Morgan fingerprint density at radius 1 is 0.862 bits per heavy atom. The van der Waals surface area contributed by atoms with Crippen LogP contribution < -0.4 is 25.2 Å². The van der Waals surface area contributed by atoms with E-state index in [4.69, 9.17) is 16.3 Å². The molecule has 0 radical (unpaired) electrons. The predicted molar refractivity (Wildman–Crippen MR) is 218 cm³/mol. The van der Waals surface area contributed by atoms with E-state index in [1.165, 1.54) is 0 Å². The van der Waals surface area contributed by atoms with Gasteiger partial charge in [-0.3, -0.25) is 39.1 Å². The molecule has 0 aromatic heterocycles. The number of imide groups is 2. The Morgan fingerprint density at radius 3 is 2.16 bits per heavy atom. The Bertz CT molecular complexity index is 2240. The van der Waals surface area contributed by atoms with Crippen LogP contribution in [0.25, 0.3) is 0 Å². The van der Waals surface area contributed by atoms with Crippen LogP contribution in [-0.2, 0) is 9.59 Å². The van der Waals surface area contributed by atoms with Gasteiger partial charge in [0.15, 0.2) is 0 Å². The molecular weight excluding hydrogens is 758 g/mol. The molecule has 1 aliphatic carbocycles. The molecule has 1 saturated carbocycles. The van der Waals surface area contributed by atoms with Crippen molar-refractivity contribution in [2.45, 2.75) is 65.6 Å². The molecule has 3 aromatic carbocycles. The summed E-state index contributed by atoms with van der Waals surface area (Å²) in [6, 6.07) is 19.1. The van der Waals surface area contributed by atoms with E-state index >= 15 is 0 Å². The van der Waals surface area contributed by atoms with Crippen LogP contribution in [0.5, 0.6) is 5.75 Å². The molecule has 302 valence electrons. The van der Waals surface area contributed by atoms with Crippen molar-refractivity contribution in [2.24, 2.45) is 16.2 Å². The monoisotopic (exact) mass is 805 g/mol. The van der Waals surface area contributed by atoms with Crippen molar-refractivity contribution in [2.75, 3.05) is 55.6 Å². The Labute approximate surface area is 343 Å². The maximum Gasteiger partial charge on any atom is 0.262 e. The average Bonchev–Trinajstić information content (AvgIpc) is 3.43. The van der Waals surface area contributed by atoms with Crippen molar-refractivity contribution in [1.82, 2.24) is 20.4 Å². The van der Waals surface area contributed by atoms with Gasteiger partial charge in [-0.2, -0.15) is 5.26 Å². The normalized spacial score (nSPS) is 24.6. The minimum atomic E-state index is -0.981. The number of piperidine rings is 1. The molecule has 14 heteroatoms. The van der Waals surface area contributed by atoms with E-state index in [1.807, 2.05) is 30.3 Å². The Balaban J connectivity index is 0.809. The highest BCUT2D eigenvalue weighted by atomic mass is 35.5. The van der Waals surface area contributed by atoms with E-state index in [0.717, 1.165) is 62.1 Å². The maximum absolute atomic E-state index is 13.5. The third kappa shape index (κ3) is 6.86. The van der Waals surface area contributed by atoms with E-state index in [-0.39, 0.29) is 52.7 Å². The lowest BCUT2D eigenvalue weighted by Crippen LogP contribution is -2.74. The van der Waals surface area contributed by atoms with Crippen LogP contribution in [0.2, 0.25) is 5.02 Å². The number of piperazine rings is 1. The molecule has 4 aliphatic heterocycles. The highest BCUT2D eigenvalue weighted by Gasteiger charge is 2.64. The predicted octanol–water partition coefficient (Wildman–Crippen LogP) is 4.87. The molecule has 5 aliphatic rings. The number of amides is 5. The van der Waals surface area contributed by atoms with Gasteiger partial charge in [-0.1, -0.05) is 46.2 Å². The van der Waals surface area contributed by atoms with Crippen LogP contribution in [0.15, 0.2) is 60.7 Å². The zero-order valence-electron chi connectivity index (χ0n) is 33.4. The molecular formula is C44H48ClN7O6. The molecule has 3 saturated heterocycles. The molecule has 8 rings (SSSR count). The summed E-state index contributed by atoms with van der Waals surface area (Å²) in [5.74, 6) is -1.54. The van der Waals surface area contributed by atoms with Crippen LogP contribution in [0.1, 0.15) is 84.1 Å². The summed E-state index contributed by atoms with van der Waals surface area (Å²) in [6.45, 7) is 16.7. The Morgan fingerprint density at radius 2 is 1.52 bits per heavy atom. The maximum atomic E-state index is 13.5. The van der Waals surface area contributed by atoms with Gasteiger partial charge in [0.25, 0.3) is 17.7 Å². The summed E-state index contributed by atoms with van der Waals surface area (Å²) in [4.78, 5) is 72.1. The first-order valence-electron chi connectivity index (χ1n) is 19.8. The fourth-order valence-corrected chi connectivity index (χ4v) is 10.4. The SMILES string of the molecule is CC1(CN2CCN(c3ccc(C(=O)NC4C(C)(C)C(Oc5ccc(C#N)c(Cl)c5)C4(C)C)cc3)CC2)CN(c2ccc3c(c2)C(=O)N(C2CCC(=O)NC2=O)C3=O)C1. The second-order valence-corrected chi connectivity index (χ2v) is 18.4. The number of fused-ring (bicyclic) bond motifs is 1. The van der Waals surface area contributed by atoms with Gasteiger partial charge < -0.3 is 19.9 Å². The van der Waals surface area contributed by atoms with Crippen molar-refractivity contribution in [3.63, 3.8) is 0 Å². The molecule has 1 unspecified atom stereocenters. The molecule has 58 heavy (non-hydrogen) atoms. The summed E-state index contributed by atoms with van der Waals surface area (Å²) in [6.07, 6.45) is 0.0267. The summed E-state index contributed by atoms with van der Waals surface area (Å²) in [7, 11) is 0. The average molecular weight is 806 g/mol. The molecule has 13 nitrogen and oxygen atoms in total. The summed E-state index contributed by atoms with van der Waals surface area (Å²) in [5.41, 5.74) is 2.86. The van der Waals surface area contributed by atoms with Crippen molar-refractivity contribution in [3.05, 3.63) is 87.9 Å². The van der Waals surface area contributed by atoms with E-state index in [9.17, 15) is 29.2 Å². The Kier molecular flexibility index (Phi) is 9.80. The van der Waals surface area contributed by atoms with E-state index in [1.54, 1.807) is 30.3 Å². The van der Waals surface area contributed by atoms with Gasteiger partial charge in [-0.15, -0.1) is 0 Å². The number of benzene rings is 3. The van der Waals surface area contributed by atoms with E-state index < -0.39 is 29.7 Å². The lowest BCUT2D eigenvalue weighted by molar-refractivity contribution is -0.164. The van der Waals surface area contributed by atoms with Gasteiger partial charge >= 0.3 is 0 Å². The first-order valence-corrected chi connectivity index (χ1v) is 20.2. The third-order valence-corrected chi connectivity index (χ3v) is 13.1. The zero-order valence-corrected chi connectivity index (χ0v) is 34.2. The van der Waals surface area contributed by atoms with Gasteiger partial charge in [-0.25, -0.2) is 0 Å². The minimum Gasteiger partial charge on any atom is -0.489 e. The van der Waals surface area contributed by atoms with Crippen LogP contribution in [0.3, 0.4) is 0 Å².